The predicted octanol–water partition coefficient (Wildman–Crippen LogP) is 2.98. The largest absolute Gasteiger partial charge is 0.306 e. The highest BCUT2D eigenvalue weighted by atomic mass is 32.2. The Morgan fingerprint density at radius 2 is 2.17 bits per heavy atom. The number of fused-ring (bicyclic) bond motifs is 2. The zero-order chi connectivity index (χ0) is 16.8. The van der Waals surface area contributed by atoms with Crippen LogP contribution in [0.15, 0.2) is 30.4 Å². The minimum atomic E-state index is -0.320. The molecule has 2 aliphatic heterocycles. The molecule has 1 aliphatic carbocycles. The highest BCUT2D eigenvalue weighted by molar-refractivity contribution is 8.00. The molecule has 1 N–H and O–H groups in total. The van der Waals surface area contributed by atoms with Crippen molar-refractivity contribution in [3.63, 3.8) is 0 Å². The molecule has 4 rings (SSSR count). The van der Waals surface area contributed by atoms with E-state index in [1.54, 1.807) is 13.0 Å². The number of piperidine rings is 1. The Bertz CT molecular complexity index is 733. The van der Waals surface area contributed by atoms with E-state index in [4.69, 9.17) is 0 Å². The van der Waals surface area contributed by atoms with E-state index >= 15 is 0 Å². The summed E-state index contributed by atoms with van der Waals surface area (Å²) in [5, 5.41) is 15.3. The third-order valence-electron chi connectivity index (χ3n) is 5.52. The summed E-state index contributed by atoms with van der Waals surface area (Å²) in [7, 11) is 0. The van der Waals surface area contributed by atoms with Crippen LogP contribution in [-0.4, -0.2) is 33.8 Å². The summed E-state index contributed by atoms with van der Waals surface area (Å²) in [4.78, 5) is 23.7. The molecule has 0 radical (unpaired) electrons. The Morgan fingerprint density at radius 1 is 1.33 bits per heavy atom. The summed E-state index contributed by atoms with van der Waals surface area (Å²) < 4.78 is 0. The van der Waals surface area contributed by atoms with Crippen LogP contribution in [0.3, 0.4) is 0 Å². The van der Waals surface area contributed by atoms with Crippen LogP contribution in [0.1, 0.15) is 29.9 Å². The maximum Gasteiger partial charge on any atom is 0.272 e. The minimum absolute atomic E-state index is 0.0468. The third-order valence-corrected chi connectivity index (χ3v) is 7.00. The number of ketones is 1. The fraction of sp³-hybridized carbons (Fsp3) is 0.500. The lowest BCUT2D eigenvalue weighted by Crippen LogP contribution is -2.58. The van der Waals surface area contributed by atoms with Gasteiger partial charge in [-0.05, 0) is 24.7 Å². The number of aryl methyl sites for hydroxylation is 1. The second-order valence-corrected chi connectivity index (χ2v) is 8.16. The SMILES string of the molecule is Cc1ccc(C2C3SCCC3NC3C=CCC(=O)C32)cc1[N+](=O)[O-]. The maximum absolute atomic E-state index is 12.7. The van der Waals surface area contributed by atoms with Crippen LogP contribution >= 0.6 is 11.8 Å². The van der Waals surface area contributed by atoms with Crippen molar-refractivity contribution >= 4 is 23.2 Å². The quantitative estimate of drug-likeness (QED) is 0.507. The van der Waals surface area contributed by atoms with E-state index in [0.29, 0.717) is 23.3 Å². The van der Waals surface area contributed by atoms with Gasteiger partial charge in [-0.15, -0.1) is 0 Å². The summed E-state index contributed by atoms with van der Waals surface area (Å²) in [6, 6.07) is 5.93. The van der Waals surface area contributed by atoms with Gasteiger partial charge in [0.15, 0.2) is 0 Å². The van der Waals surface area contributed by atoms with Gasteiger partial charge >= 0.3 is 0 Å². The summed E-state index contributed by atoms with van der Waals surface area (Å²) in [6.07, 6.45) is 5.62. The molecule has 1 aromatic carbocycles. The molecule has 0 bridgehead atoms. The third kappa shape index (κ3) is 2.48. The number of carbonyl (C=O) groups is 1. The van der Waals surface area contributed by atoms with E-state index in [1.165, 1.54) is 0 Å². The number of allylic oxidation sites excluding steroid dienone is 1. The van der Waals surface area contributed by atoms with E-state index in [2.05, 4.69) is 11.4 Å². The lowest BCUT2D eigenvalue weighted by Gasteiger charge is -2.45. The highest BCUT2D eigenvalue weighted by Gasteiger charge is 2.50. The molecule has 24 heavy (non-hydrogen) atoms. The van der Waals surface area contributed by atoms with Gasteiger partial charge in [0.1, 0.15) is 5.78 Å². The standard InChI is InChI=1S/C18H20N2O3S/c1-10-5-6-11(9-14(10)20(22)23)16-17-12(3-2-4-15(17)21)19-13-7-8-24-18(13)16/h2-3,5-6,9,12-13,16-19H,4,7-8H2,1H3. The second-order valence-electron chi connectivity index (χ2n) is 6.88. The minimum Gasteiger partial charge on any atom is -0.306 e. The van der Waals surface area contributed by atoms with E-state index in [0.717, 1.165) is 17.7 Å². The molecule has 0 aromatic heterocycles. The molecule has 126 valence electrons. The van der Waals surface area contributed by atoms with Crippen LogP contribution in [-0.2, 0) is 4.79 Å². The van der Waals surface area contributed by atoms with Crippen LogP contribution in [0, 0.1) is 23.0 Å². The van der Waals surface area contributed by atoms with E-state index in [1.807, 2.05) is 30.0 Å². The first-order chi connectivity index (χ1) is 11.6. The smallest absolute Gasteiger partial charge is 0.272 e. The van der Waals surface area contributed by atoms with Gasteiger partial charge in [-0.25, -0.2) is 0 Å². The van der Waals surface area contributed by atoms with Crippen molar-refractivity contribution in [3.8, 4) is 0 Å². The first-order valence-corrected chi connectivity index (χ1v) is 9.43. The average molecular weight is 344 g/mol. The van der Waals surface area contributed by atoms with Crippen molar-refractivity contribution in [2.24, 2.45) is 5.92 Å². The number of nitro benzene ring substituents is 1. The van der Waals surface area contributed by atoms with Gasteiger partial charge in [0.2, 0.25) is 0 Å². The number of thioether (sulfide) groups is 1. The van der Waals surface area contributed by atoms with Crippen molar-refractivity contribution < 1.29 is 9.72 Å². The molecule has 5 atom stereocenters. The summed E-state index contributed by atoms with van der Waals surface area (Å²) >= 11 is 1.90. The normalized spacial score (nSPS) is 34.7. The molecule has 5 unspecified atom stereocenters. The van der Waals surface area contributed by atoms with Crippen molar-refractivity contribution in [1.29, 1.82) is 0 Å². The fourth-order valence-corrected chi connectivity index (χ4v) is 6.04. The zero-order valence-corrected chi connectivity index (χ0v) is 14.3. The molecule has 0 amide bonds. The zero-order valence-electron chi connectivity index (χ0n) is 13.5. The van der Waals surface area contributed by atoms with Crippen molar-refractivity contribution in [3.05, 3.63) is 51.6 Å². The Labute approximate surface area is 145 Å². The summed E-state index contributed by atoms with van der Waals surface area (Å²) in [6.45, 7) is 1.76. The summed E-state index contributed by atoms with van der Waals surface area (Å²) in [5.41, 5.74) is 1.76. The molecule has 2 heterocycles. The number of benzene rings is 1. The number of hydrogen-bond acceptors (Lipinski definition) is 5. The molecule has 0 saturated carbocycles. The van der Waals surface area contributed by atoms with Crippen molar-refractivity contribution in [1.82, 2.24) is 5.32 Å². The van der Waals surface area contributed by atoms with E-state index in [9.17, 15) is 14.9 Å². The molecule has 3 aliphatic rings. The summed E-state index contributed by atoms with van der Waals surface area (Å²) in [5.74, 6) is 1.24. The van der Waals surface area contributed by atoms with Gasteiger partial charge < -0.3 is 5.32 Å². The first kappa shape index (κ1) is 15.8. The van der Waals surface area contributed by atoms with Crippen molar-refractivity contribution in [2.75, 3.05) is 5.75 Å². The molecule has 6 heteroatoms. The first-order valence-electron chi connectivity index (χ1n) is 8.38. The van der Waals surface area contributed by atoms with E-state index < -0.39 is 0 Å². The average Bonchev–Trinajstić information content (AvgIpc) is 3.01. The van der Waals surface area contributed by atoms with Gasteiger partial charge in [-0.2, -0.15) is 11.8 Å². The lowest BCUT2D eigenvalue weighted by atomic mass is 9.69. The molecular formula is C18H20N2O3S. The lowest BCUT2D eigenvalue weighted by molar-refractivity contribution is -0.385. The molecule has 2 saturated heterocycles. The van der Waals surface area contributed by atoms with Gasteiger partial charge in [0, 0.05) is 47.2 Å². The van der Waals surface area contributed by atoms with Gasteiger partial charge in [0.05, 0.1) is 4.92 Å². The Morgan fingerprint density at radius 3 is 2.96 bits per heavy atom. The number of carbonyl (C=O) groups excluding carboxylic acids is 1. The van der Waals surface area contributed by atoms with Gasteiger partial charge in [0.25, 0.3) is 5.69 Å². The molecule has 5 nitrogen and oxygen atoms in total. The highest BCUT2D eigenvalue weighted by Crippen LogP contribution is 2.48. The maximum atomic E-state index is 12.7. The Balaban J connectivity index is 1.80. The number of nitrogens with zero attached hydrogens (tertiary/aromatic N) is 1. The number of nitrogens with one attached hydrogen (secondary N) is 1. The van der Waals surface area contributed by atoms with Crippen LogP contribution < -0.4 is 5.32 Å². The molecule has 1 aromatic rings. The van der Waals surface area contributed by atoms with E-state index in [-0.39, 0.29) is 34.3 Å². The predicted molar refractivity (Wildman–Crippen MR) is 94.4 cm³/mol. The molecular weight excluding hydrogens is 324 g/mol. The Kier molecular flexibility index (Phi) is 3.96. The topological polar surface area (TPSA) is 72.2 Å². The van der Waals surface area contributed by atoms with Crippen molar-refractivity contribution in [2.45, 2.75) is 43.0 Å². The van der Waals surface area contributed by atoms with Crippen LogP contribution in [0.4, 0.5) is 5.69 Å². The second kappa shape index (κ2) is 6.01. The van der Waals surface area contributed by atoms with Crippen LogP contribution in [0.5, 0.6) is 0 Å². The van der Waals surface area contributed by atoms with Gasteiger partial charge in [-0.1, -0.05) is 24.3 Å². The number of Topliss-reactive ketones (excluding diaryl/α,β-unsaturated/α-hetero) is 1. The fourth-order valence-electron chi connectivity index (χ4n) is 4.39. The van der Waals surface area contributed by atoms with Crippen LogP contribution in [0.2, 0.25) is 0 Å². The monoisotopic (exact) mass is 344 g/mol. The molecule has 2 fully saturated rings. The number of nitro groups is 1. The number of rotatable bonds is 2. The van der Waals surface area contributed by atoms with Crippen LogP contribution in [0.25, 0.3) is 0 Å². The van der Waals surface area contributed by atoms with Gasteiger partial charge in [-0.3, -0.25) is 14.9 Å². The Hall–Kier alpha value is -1.66. The molecule has 0 spiro atoms. The number of hydrogen-bond donors (Lipinski definition) is 1.